The van der Waals surface area contributed by atoms with Crippen LogP contribution in [0, 0.1) is 25.6 Å². The summed E-state index contributed by atoms with van der Waals surface area (Å²) in [5.41, 5.74) is 3.53. The Labute approximate surface area is 211 Å². The van der Waals surface area contributed by atoms with E-state index in [0.29, 0.717) is 34.9 Å². The summed E-state index contributed by atoms with van der Waals surface area (Å²) in [6.07, 6.45) is 0.757. The van der Waals surface area contributed by atoms with Crippen LogP contribution in [0.4, 0.5) is 4.39 Å². The van der Waals surface area contributed by atoms with Crippen LogP contribution < -0.4 is 5.56 Å². The molecule has 1 amide bonds. The van der Waals surface area contributed by atoms with Gasteiger partial charge in [-0.05, 0) is 86.7 Å². The molecule has 186 valence electrons. The van der Waals surface area contributed by atoms with Gasteiger partial charge >= 0.3 is 0 Å². The first-order valence-electron chi connectivity index (χ1n) is 12.3. The maximum atomic E-state index is 14.0. The molecule has 1 aromatic heterocycles. The van der Waals surface area contributed by atoms with E-state index in [1.807, 2.05) is 57.2 Å². The van der Waals surface area contributed by atoms with Gasteiger partial charge in [0.1, 0.15) is 11.6 Å². The molecule has 0 aliphatic carbocycles. The lowest BCUT2D eigenvalue weighted by atomic mass is 10.1. The number of hydrogen-bond donors (Lipinski definition) is 0. The quantitative estimate of drug-likeness (QED) is 0.305. The largest absolute Gasteiger partial charge is 0.329 e. The molecule has 0 N–H and O–H groups in total. The summed E-state index contributed by atoms with van der Waals surface area (Å²) >= 11 is 0. The maximum absolute atomic E-state index is 14.0. The van der Waals surface area contributed by atoms with Crippen LogP contribution in [0.2, 0.25) is 0 Å². The molecular weight excluding hydrogens is 453 g/mol. The fourth-order valence-corrected chi connectivity index (χ4v) is 4.34. The average Bonchev–Trinajstić information content (AvgIpc) is 2.85. The second kappa shape index (κ2) is 10.4. The fourth-order valence-electron chi connectivity index (χ4n) is 4.34. The molecule has 4 rings (SSSR count). The number of amides is 1. The minimum atomic E-state index is -0.543. The number of aromatic nitrogens is 2. The molecule has 0 saturated heterocycles. The van der Waals surface area contributed by atoms with Crippen LogP contribution in [0.15, 0.2) is 71.5 Å². The molecule has 0 bridgehead atoms. The van der Waals surface area contributed by atoms with E-state index in [1.54, 1.807) is 21.6 Å². The number of fused-ring (bicyclic) bond motifs is 1. The molecule has 0 aliphatic rings. The van der Waals surface area contributed by atoms with Gasteiger partial charge < -0.3 is 4.90 Å². The Morgan fingerprint density at radius 2 is 1.72 bits per heavy atom. The van der Waals surface area contributed by atoms with Gasteiger partial charge in [0, 0.05) is 12.1 Å². The number of para-hydroxylation sites is 1. The highest BCUT2D eigenvalue weighted by Gasteiger charge is 2.28. The predicted octanol–water partition coefficient (Wildman–Crippen LogP) is 6.39. The van der Waals surface area contributed by atoms with Crippen LogP contribution in [0.1, 0.15) is 60.5 Å². The minimum Gasteiger partial charge on any atom is -0.329 e. The van der Waals surface area contributed by atoms with Gasteiger partial charge in [0.25, 0.3) is 11.5 Å². The van der Waals surface area contributed by atoms with E-state index >= 15 is 0 Å². The number of carbonyl (C=O) groups excluding carboxylic acids is 1. The summed E-state index contributed by atoms with van der Waals surface area (Å²) in [4.78, 5) is 34.1. The van der Waals surface area contributed by atoms with Gasteiger partial charge in [-0.2, -0.15) is 0 Å². The lowest BCUT2D eigenvalue weighted by molar-refractivity contribution is 0.0671. The first-order chi connectivity index (χ1) is 17.2. The third kappa shape index (κ3) is 5.08. The Bertz CT molecular complexity index is 1480. The van der Waals surface area contributed by atoms with E-state index < -0.39 is 11.9 Å². The number of aryl methyl sites for hydroxylation is 2. The van der Waals surface area contributed by atoms with Gasteiger partial charge in [-0.3, -0.25) is 14.2 Å². The third-order valence-electron chi connectivity index (χ3n) is 6.67. The molecule has 0 aliphatic heterocycles. The summed E-state index contributed by atoms with van der Waals surface area (Å²) in [5, 5.41) is 0.511. The molecule has 0 spiro atoms. The SMILES string of the molecule is Cc1ccc(-n2c(C(C)N(CCC(C)C)C(=O)c3cccc(F)c3)nc3ccccc3c2=O)cc1C. The lowest BCUT2D eigenvalue weighted by Crippen LogP contribution is -2.38. The van der Waals surface area contributed by atoms with Crippen molar-refractivity contribution in [2.45, 2.75) is 47.1 Å². The van der Waals surface area contributed by atoms with Gasteiger partial charge in [-0.1, -0.05) is 38.1 Å². The Morgan fingerprint density at radius 1 is 0.972 bits per heavy atom. The Balaban J connectivity index is 1.92. The zero-order valence-corrected chi connectivity index (χ0v) is 21.5. The summed E-state index contributed by atoms with van der Waals surface area (Å²) in [6, 6.07) is 18.3. The molecule has 3 aromatic carbocycles. The molecule has 1 atom stereocenters. The highest BCUT2D eigenvalue weighted by Crippen LogP contribution is 2.26. The van der Waals surface area contributed by atoms with Crippen LogP contribution in [0.25, 0.3) is 16.6 Å². The van der Waals surface area contributed by atoms with Crippen LogP contribution in [-0.2, 0) is 0 Å². The van der Waals surface area contributed by atoms with Crippen molar-refractivity contribution >= 4 is 16.8 Å². The fraction of sp³-hybridized carbons (Fsp3) is 0.300. The molecule has 0 saturated carbocycles. The van der Waals surface area contributed by atoms with Crippen molar-refractivity contribution in [3.8, 4) is 5.69 Å². The second-order valence-corrected chi connectivity index (χ2v) is 9.76. The Morgan fingerprint density at radius 3 is 2.42 bits per heavy atom. The zero-order chi connectivity index (χ0) is 26.0. The predicted molar refractivity (Wildman–Crippen MR) is 142 cm³/mol. The number of benzene rings is 3. The van der Waals surface area contributed by atoms with Crippen molar-refractivity contribution in [3.05, 3.63) is 105 Å². The summed E-state index contributed by atoms with van der Waals surface area (Å²) in [5.74, 6) is 0.0619. The van der Waals surface area contributed by atoms with Crippen molar-refractivity contribution in [1.82, 2.24) is 14.5 Å². The maximum Gasteiger partial charge on any atom is 0.266 e. The van der Waals surface area contributed by atoms with Crippen molar-refractivity contribution < 1.29 is 9.18 Å². The summed E-state index contributed by atoms with van der Waals surface area (Å²) in [6.45, 7) is 10.5. The number of hydrogen-bond acceptors (Lipinski definition) is 3. The van der Waals surface area contributed by atoms with E-state index in [4.69, 9.17) is 4.98 Å². The van der Waals surface area contributed by atoms with Crippen molar-refractivity contribution in [2.75, 3.05) is 6.54 Å². The molecule has 36 heavy (non-hydrogen) atoms. The normalized spacial score (nSPS) is 12.2. The monoisotopic (exact) mass is 485 g/mol. The number of rotatable bonds is 7. The van der Waals surface area contributed by atoms with Gasteiger partial charge in [-0.25, -0.2) is 9.37 Å². The molecule has 4 aromatic rings. The zero-order valence-electron chi connectivity index (χ0n) is 21.5. The Hall–Kier alpha value is -3.80. The van der Waals surface area contributed by atoms with Crippen LogP contribution in [-0.4, -0.2) is 26.9 Å². The highest BCUT2D eigenvalue weighted by atomic mass is 19.1. The minimum absolute atomic E-state index is 0.187. The summed E-state index contributed by atoms with van der Waals surface area (Å²) < 4.78 is 15.6. The number of carbonyl (C=O) groups is 1. The van der Waals surface area contributed by atoms with Gasteiger partial charge in [0.05, 0.1) is 22.6 Å². The molecule has 5 nitrogen and oxygen atoms in total. The topological polar surface area (TPSA) is 55.2 Å². The molecular formula is C30H32FN3O2. The first kappa shape index (κ1) is 25.3. The van der Waals surface area contributed by atoms with E-state index in [1.165, 1.54) is 18.2 Å². The highest BCUT2D eigenvalue weighted by molar-refractivity contribution is 5.94. The van der Waals surface area contributed by atoms with E-state index in [2.05, 4.69) is 13.8 Å². The molecule has 1 unspecified atom stereocenters. The summed E-state index contributed by atoms with van der Waals surface area (Å²) in [7, 11) is 0. The average molecular weight is 486 g/mol. The second-order valence-electron chi connectivity index (χ2n) is 9.76. The van der Waals surface area contributed by atoms with Crippen LogP contribution in [0.5, 0.6) is 0 Å². The molecule has 6 heteroatoms. The Kier molecular flexibility index (Phi) is 7.34. The lowest BCUT2D eigenvalue weighted by Gasteiger charge is -2.31. The van der Waals surface area contributed by atoms with Crippen LogP contribution in [0.3, 0.4) is 0 Å². The van der Waals surface area contributed by atoms with Crippen molar-refractivity contribution in [3.63, 3.8) is 0 Å². The molecule has 1 heterocycles. The van der Waals surface area contributed by atoms with Crippen molar-refractivity contribution in [1.29, 1.82) is 0 Å². The van der Waals surface area contributed by atoms with E-state index in [9.17, 15) is 14.0 Å². The molecule has 0 radical (unpaired) electrons. The van der Waals surface area contributed by atoms with Crippen LogP contribution >= 0.6 is 0 Å². The van der Waals surface area contributed by atoms with Gasteiger partial charge in [0.2, 0.25) is 0 Å². The van der Waals surface area contributed by atoms with E-state index in [0.717, 1.165) is 17.5 Å². The third-order valence-corrected chi connectivity index (χ3v) is 6.67. The van der Waals surface area contributed by atoms with Crippen molar-refractivity contribution in [2.24, 2.45) is 5.92 Å². The number of nitrogens with zero attached hydrogens (tertiary/aromatic N) is 3. The standard InChI is InChI=1S/C30H32FN3O2/c1-19(2)15-16-33(29(35)23-9-8-10-24(31)18-23)22(5)28-32-27-12-7-6-11-26(27)30(36)34(28)25-14-13-20(3)21(4)17-25/h6-14,17-19,22H,15-16H2,1-5H3. The van der Waals surface area contributed by atoms with Gasteiger partial charge in [0.15, 0.2) is 0 Å². The number of halogens is 1. The smallest absolute Gasteiger partial charge is 0.266 e. The molecule has 0 fully saturated rings. The van der Waals surface area contributed by atoms with E-state index in [-0.39, 0.29) is 17.0 Å². The van der Waals surface area contributed by atoms with Gasteiger partial charge in [-0.15, -0.1) is 0 Å². The first-order valence-corrected chi connectivity index (χ1v) is 12.3.